The Kier molecular flexibility index (Phi) is 5.96. The van der Waals surface area contributed by atoms with Gasteiger partial charge in [0.15, 0.2) is 0 Å². The zero-order valence-electron chi connectivity index (χ0n) is 17.4. The molecule has 0 spiro atoms. The van der Waals surface area contributed by atoms with Crippen molar-refractivity contribution >= 4 is 11.8 Å². The van der Waals surface area contributed by atoms with Gasteiger partial charge >= 0.3 is 5.97 Å². The van der Waals surface area contributed by atoms with E-state index < -0.39 is 5.97 Å². The second kappa shape index (κ2) is 9.16. The second-order valence-corrected chi connectivity index (χ2v) is 7.21. The van der Waals surface area contributed by atoms with Gasteiger partial charge < -0.3 is 10.6 Å². The van der Waals surface area contributed by atoms with Crippen LogP contribution in [0.2, 0.25) is 0 Å². The van der Waals surface area contributed by atoms with E-state index in [0.717, 1.165) is 11.1 Å². The molecular formula is C23H21N7O2. The van der Waals surface area contributed by atoms with Crippen LogP contribution in [0.1, 0.15) is 27.0 Å². The van der Waals surface area contributed by atoms with Crippen molar-refractivity contribution in [2.45, 2.75) is 13.1 Å². The highest BCUT2D eigenvalue weighted by atomic mass is 16.7. The van der Waals surface area contributed by atoms with Crippen molar-refractivity contribution in [3.63, 3.8) is 0 Å². The molecule has 2 aromatic carbocycles. The zero-order chi connectivity index (χ0) is 22.5. The Morgan fingerprint density at radius 2 is 1.84 bits per heavy atom. The Hall–Kier alpha value is -4.42. The lowest BCUT2D eigenvalue weighted by molar-refractivity contribution is -0.0966. The molecule has 2 aromatic heterocycles. The van der Waals surface area contributed by atoms with Crippen LogP contribution in [0.15, 0.2) is 73.2 Å². The van der Waals surface area contributed by atoms with Crippen molar-refractivity contribution < 1.29 is 9.63 Å². The van der Waals surface area contributed by atoms with Crippen molar-refractivity contribution in [1.29, 1.82) is 5.26 Å². The molecule has 32 heavy (non-hydrogen) atoms. The highest BCUT2D eigenvalue weighted by molar-refractivity contribution is 5.89. The summed E-state index contributed by atoms with van der Waals surface area (Å²) in [6.45, 7) is 1.08. The molecule has 2 N–H and O–H groups in total. The Labute approximate surface area is 184 Å². The first-order valence-corrected chi connectivity index (χ1v) is 9.86. The maximum Gasteiger partial charge on any atom is 0.357 e. The molecule has 9 nitrogen and oxygen atoms in total. The fourth-order valence-corrected chi connectivity index (χ4v) is 3.22. The van der Waals surface area contributed by atoms with E-state index in [-0.39, 0.29) is 5.82 Å². The van der Waals surface area contributed by atoms with Crippen LogP contribution in [0.3, 0.4) is 0 Å². The molecule has 0 aliphatic heterocycles. The number of nitriles is 1. The number of aromatic nitrogens is 4. The molecule has 0 unspecified atom stereocenters. The molecule has 0 aliphatic rings. The fraction of sp³-hybridized carbons (Fsp3) is 0.130. The molecule has 0 saturated heterocycles. The van der Waals surface area contributed by atoms with E-state index in [2.05, 4.69) is 10.2 Å². The number of nitrogens with zero attached hydrogens (tertiary/aromatic N) is 6. The van der Waals surface area contributed by atoms with Gasteiger partial charge in [0.25, 0.3) is 0 Å². The number of nitrogens with two attached hydrogens (primary N) is 1. The highest BCUT2D eigenvalue weighted by Crippen LogP contribution is 2.17. The van der Waals surface area contributed by atoms with Gasteiger partial charge in [0.05, 0.1) is 36.7 Å². The van der Waals surface area contributed by atoms with E-state index in [1.165, 1.54) is 15.9 Å². The zero-order valence-corrected chi connectivity index (χ0v) is 17.4. The molecular weight excluding hydrogens is 406 g/mol. The van der Waals surface area contributed by atoms with Crippen LogP contribution in [-0.2, 0) is 17.9 Å². The number of rotatable bonds is 7. The minimum Gasteiger partial charge on any atom is -0.382 e. The van der Waals surface area contributed by atoms with Crippen LogP contribution in [0.25, 0.3) is 5.69 Å². The Morgan fingerprint density at radius 3 is 2.53 bits per heavy atom. The third-order valence-corrected chi connectivity index (χ3v) is 4.79. The average Bonchev–Trinajstić information content (AvgIpc) is 3.40. The summed E-state index contributed by atoms with van der Waals surface area (Å²) >= 11 is 0. The van der Waals surface area contributed by atoms with E-state index in [0.29, 0.717) is 29.9 Å². The Morgan fingerprint density at radius 1 is 1.09 bits per heavy atom. The third kappa shape index (κ3) is 4.66. The SMILES string of the molecule is CN(Cc1cnn(Cc2ccccc2)c1)OC(=O)c1ccc(-n2ncc(C#N)c2N)cc1. The fourth-order valence-electron chi connectivity index (χ4n) is 3.22. The first kappa shape index (κ1) is 20.8. The third-order valence-electron chi connectivity index (χ3n) is 4.79. The van der Waals surface area contributed by atoms with E-state index >= 15 is 0 Å². The van der Waals surface area contributed by atoms with Gasteiger partial charge in [-0.1, -0.05) is 30.3 Å². The average molecular weight is 427 g/mol. The largest absolute Gasteiger partial charge is 0.382 e. The summed E-state index contributed by atoms with van der Waals surface area (Å²) in [6.07, 6.45) is 5.08. The van der Waals surface area contributed by atoms with E-state index in [4.69, 9.17) is 15.8 Å². The van der Waals surface area contributed by atoms with Crippen molar-refractivity contribution in [2.75, 3.05) is 12.8 Å². The number of hydrogen-bond acceptors (Lipinski definition) is 7. The van der Waals surface area contributed by atoms with Crippen molar-refractivity contribution in [3.8, 4) is 11.8 Å². The summed E-state index contributed by atoms with van der Waals surface area (Å²) < 4.78 is 3.28. The number of hydrogen-bond donors (Lipinski definition) is 1. The van der Waals surface area contributed by atoms with Crippen molar-refractivity contribution in [2.24, 2.45) is 0 Å². The lowest BCUT2D eigenvalue weighted by atomic mass is 10.2. The number of carbonyl (C=O) groups excluding carboxylic acids is 1. The number of nitrogen functional groups attached to an aromatic ring is 1. The molecule has 4 aromatic rings. The summed E-state index contributed by atoms with van der Waals surface area (Å²) in [5, 5.41) is 18.9. The number of hydroxylamine groups is 2. The molecule has 9 heteroatoms. The van der Waals surface area contributed by atoms with Gasteiger partial charge in [0.1, 0.15) is 17.5 Å². The maximum atomic E-state index is 12.5. The molecule has 0 radical (unpaired) electrons. The molecule has 0 saturated carbocycles. The topological polar surface area (TPSA) is 115 Å². The lowest BCUT2D eigenvalue weighted by Gasteiger charge is -2.15. The predicted molar refractivity (Wildman–Crippen MR) is 117 cm³/mol. The molecule has 0 bridgehead atoms. The molecule has 2 heterocycles. The van der Waals surface area contributed by atoms with E-state index in [1.54, 1.807) is 37.5 Å². The van der Waals surface area contributed by atoms with Crippen molar-refractivity contribution in [1.82, 2.24) is 24.6 Å². The highest BCUT2D eigenvalue weighted by Gasteiger charge is 2.14. The first-order valence-electron chi connectivity index (χ1n) is 9.86. The number of carbonyl (C=O) groups is 1. The molecule has 4 rings (SSSR count). The quantitative estimate of drug-likeness (QED) is 0.451. The molecule has 0 aliphatic carbocycles. The number of anilines is 1. The Bertz CT molecular complexity index is 1250. The van der Waals surface area contributed by atoms with Gasteiger partial charge in [-0.3, -0.25) is 4.68 Å². The Balaban J connectivity index is 1.34. The first-order chi connectivity index (χ1) is 15.5. The van der Waals surface area contributed by atoms with Crippen LogP contribution < -0.4 is 5.73 Å². The van der Waals surface area contributed by atoms with Crippen LogP contribution in [0, 0.1) is 11.3 Å². The van der Waals surface area contributed by atoms with Gasteiger partial charge in [-0.25, -0.2) is 9.48 Å². The smallest absolute Gasteiger partial charge is 0.357 e. The molecule has 0 fully saturated rings. The standard InChI is InChI=1S/C23H21N7O2/c1-28(14-18-12-26-29(16-18)15-17-5-3-2-4-6-17)32-23(31)19-7-9-21(10-8-19)30-22(25)20(11-24)13-27-30/h2-10,12-13,16H,14-15,25H2,1H3. The normalized spacial score (nSPS) is 10.8. The van der Waals surface area contributed by atoms with Gasteiger partial charge in [0, 0.05) is 18.8 Å². The van der Waals surface area contributed by atoms with Gasteiger partial charge in [-0.15, -0.1) is 5.06 Å². The summed E-state index contributed by atoms with van der Waals surface area (Å²) in [6, 6.07) is 18.7. The summed E-state index contributed by atoms with van der Waals surface area (Å²) in [4.78, 5) is 17.9. The number of benzene rings is 2. The molecule has 0 amide bonds. The van der Waals surface area contributed by atoms with E-state index in [9.17, 15) is 4.79 Å². The van der Waals surface area contributed by atoms with Gasteiger partial charge in [-0.05, 0) is 29.8 Å². The second-order valence-electron chi connectivity index (χ2n) is 7.21. The van der Waals surface area contributed by atoms with Crippen molar-refractivity contribution in [3.05, 3.63) is 95.4 Å². The minimum absolute atomic E-state index is 0.246. The lowest BCUT2D eigenvalue weighted by Crippen LogP contribution is -2.22. The van der Waals surface area contributed by atoms with Gasteiger partial charge in [0.2, 0.25) is 0 Å². The summed E-state index contributed by atoms with van der Waals surface area (Å²) in [5.74, 6) is -0.239. The van der Waals surface area contributed by atoms with E-state index in [1.807, 2.05) is 47.3 Å². The van der Waals surface area contributed by atoms with Crippen LogP contribution >= 0.6 is 0 Å². The van der Waals surface area contributed by atoms with Gasteiger partial charge in [-0.2, -0.15) is 15.5 Å². The van der Waals surface area contributed by atoms with Crippen LogP contribution in [0.5, 0.6) is 0 Å². The van der Waals surface area contributed by atoms with Crippen LogP contribution in [-0.4, -0.2) is 37.6 Å². The maximum absolute atomic E-state index is 12.5. The summed E-state index contributed by atoms with van der Waals surface area (Å²) in [7, 11) is 1.69. The predicted octanol–water partition coefficient (Wildman–Crippen LogP) is 2.77. The summed E-state index contributed by atoms with van der Waals surface area (Å²) in [5.41, 5.74) is 9.30. The van der Waals surface area contributed by atoms with Crippen LogP contribution in [0.4, 0.5) is 5.82 Å². The monoisotopic (exact) mass is 427 g/mol. The minimum atomic E-state index is -0.484. The molecule has 0 atom stereocenters. The molecule has 160 valence electrons.